The van der Waals surface area contributed by atoms with Crippen LogP contribution in [-0.2, 0) is 6.42 Å². The molecular weight excluding hydrogens is 302 g/mol. The molecule has 0 unspecified atom stereocenters. The molecular formula is C21H14ClN. The summed E-state index contributed by atoms with van der Waals surface area (Å²) < 4.78 is 0. The van der Waals surface area contributed by atoms with Crippen molar-refractivity contribution < 1.29 is 0 Å². The second-order valence-corrected chi connectivity index (χ2v) is 6.51. The molecule has 1 nitrogen and oxygen atoms in total. The minimum Gasteiger partial charge on any atom is -0.245 e. The van der Waals surface area contributed by atoms with Gasteiger partial charge in [-0.1, -0.05) is 54.1 Å². The second kappa shape index (κ2) is 4.81. The molecule has 1 aliphatic rings. The lowest BCUT2D eigenvalue weighted by Gasteiger charge is -2.17. The van der Waals surface area contributed by atoms with Gasteiger partial charge in [0.1, 0.15) is 5.15 Å². The first-order valence-electron chi connectivity index (χ1n) is 7.90. The van der Waals surface area contributed by atoms with Crippen LogP contribution in [-0.4, -0.2) is 4.98 Å². The molecule has 3 aromatic carbocycles. The minimum absolute atomic E-state index is 0.533. The average Bonchev–Trinajstić information content (AvgIpc) is 2.59. The van der Waals surface area contributed by atoms with Crippen molar-refractivity contribution in [2.45, 2.75) is 12.8 Å². The molecule has 0 spiro atoms. The number of hydrogen-bond donors (Lipinski definition) is 0. The van der Waals surface area contributed by atoms with Gasteiger partial charge in [0.2, 0.25) is 0 Å². The summed E-state index contributed by atoms with van der Waals surface area (Å²) in [5.41, 5.74) is 3.80. The SMILES string of the molecule is Clc1cc(-c2ccc3ccc4c5c(ccc2c35)CCC=4)ccn1. The Labute approximate surface area is 139 Å². The lowest BCUT2D eigenvalue weighted by Crippen LogP contribution is -2.09. The van der Waals surface area contributed by atoms with E-state index in [1.54, 1.807) is 6.20 Å². The molecule has 0 N–H and O–H groups in total. The fraction of sp³-hybridized carbons (Fsp3) is 0.0952. The smallest absolute Gasteiger partial charge is 0.129 e. The van der Waals surface area contributed by atoms with E-state index in [-0.39, 0.29) is 0 Å². The fourth-order valence-electron chi connectivity index (χ4n) is 3.83. The maximum Gasteiger partial charge on any atom is 0.129 e. The van der Waals surface area contributed by atoms with E-state index in [1.165, 1.54) is 37.9 Å². The zero-order valence-electron chi connectivity index (χ0n) is 12.5. The van der Waals surface area contributed by atoms with Crippen molar-refractivity contribution in [2.24, 2.45) is 0 Å². The number of aromatic nitrogens is 1. The summed E-state index contributed by atoms with van der Waals surface area (Å²) in [5, 5.41) is 7.30. The summed E-state index contributed by atoms with van der Waals surface area (Å²) in [6, 6.07) is 17.4. The summed E-state index contributed by atoms with van der Waals surface area (Å²) >= 11 is 6.10. The quantitative estimate of drug-likeness (QED) is 0.442. The van der Waals surface area contributed by atoms with E-state index in [2.05, 4.69) is 47.5 Å². The molecule has 1 aromatic heterocycles. The number of rotatable bonds is 1. The van der Waals surface area contributed by atoms with Gasteiger partial charge in [-0.3, -0.25) is 0 Å². The number of nitrogens with zero attached hydrogens (tertiary/aromatic N) is 1. The second-order valence-electron chi connectivity index (χ2n) is 6.12. The number of benzene rings is 3. The number of halogens is 1. The van der Waals surface area contributed by atoms with Gasteiger partial charge in [0, 0.05) is 6.20 Å². The first kappa shape index (κ1) is 13.1. The van der Waals surface area contributed by atoms with Crippen LogP contribution in [0.1, 0.15) is 12.0 Å². The molecule has 1 heterocycles. The summed E-state index contributed by atoms with van der Waals surface area (Å²) in [7, 11) is 0. The Hall–Kier alpha value is -2.38. The van der Waals surface area contributed by atoms with Crippen LogP contribution in [0, 0.1) is 0 Å². The van der Waals surface area contributed by atoms with E-state index >= 15 is 0 Å². The van der Waals surface area contributed by atoms with Gasteiger partial charge in [0.15, 0.2) is 0 Å². The Morgan fingerprint density at radius 3 is 2.74 bits per heavy atom. The molecule has 5 rings (SSSR count). The lowest BCUT2D eigenvalue weighted by atomic mass is 9.87. The number of aryl methyl sites for hydroxylation is 1. The fourth-order valence-corrected chi connectivity index (χ4v) is 4.01. The summed E-state index contributed by atoms with van der Waals surface area (Å²) in [6.07, 6.45) is 6.39. The van der Waals surface area contributed by atoms with Gasteiger partial charge in [-0.15, -0.1) is 0 Å². The van der Waals surface area contributed by atoms with Gasteiger partial charge in [0.05, 0.1) is 0 Å². The molecule has 2 heteroatoms. The molecule has 0 aliphatic heterocycles. The third-order valence-corrected chi connectivity index (χ3v) is 5.05. The van der Waals surface area contributed by atoms with Crippen molar-refractivity contribution >= 4 is 39.2 Å². The molecule has 23 heavy (non-hydrogen) atoms. The van der Waals surface area contributed by atoms with E-state index in [4.69, 9.17) is 11.6 Å². The van der Waals surface area contributed by atoms with Crippen molar-refractivity contribution in [3.63, 3.8) is 0 Å². The summed E-state index contributed by atoms with van der Waals surface area (Å²) in [6.45, 7) is 0. The minimum atomic E-state index is 0.533. The molecule has 0 atom stereocenters. The highest BCUT2D eigenvalue weighted by Gasteiger charge is 2.14. The maximum absolute atomic E-state index is 6.10. The van der Waals surface area contributed by atoms with Gasteiger partial charge in [-0.05, 0) is 68.4 Å². The molecule has 0 radical (unpaired) electrons. The zero-order valence-corrected chi connectivity index (χ0v) is 13.3. The van der Waals surface area contributed by atoms with Crippen LogP contribution in [0.4, 0.5) is 0 Å². The highest BCUT2D eigenvalue weighted by molar-refractivity contribution is 6.29. The van der Waals surface area contributed by atoms with Crippen LogP contribution < -0.4 is 5.22 Å². The first-order chi connectivity index (χ1) is 11.3. The van der Waals surface area contributed by atoms with Crippen LogP contribution in [0.5, 0.6) is 0 Å². The standard InChI is InChI=1S/C21H14ClN/c22-19-12-16(10-11-23-19)17-8-6-15-5-4-13-2-1-3-14-7-9-18(17)21(15)20(13)14/h2,4-12H,1,3H2. The van der Waals surface area contributed by atoms with Gasteiger partial charge >= 0.3 is 0 Å². The summed E-state index contributed by atoms with van der Waals surface area (Å²) in [5.74, 6) is 0. The van der Waals surface area contributed by atoms with Crippen LogP contribution in [0.3, 0.4) is 0 Å². The van der Waals surface area contributed by atoms with Crippen molar-refractivity contribution in [3.8, 4) is 11.1 Å². The summed E-state index contributed by atoms with van der Waals surface area (Å²) in [4.78, 5) is 4.10. The van der Waals surface area contributed by atoms with E-state index in [1.807, 2.05) is 12.1 Å². The molecule has 0 saturated carbocycles. The van der Waals surface area contributed by atoms with Crippen molar-refractivity contribution in [3.05, 3.63) is 70.7 Å². The predicted octanol–water partition coefficient (Wildman–Crippen LogP) is 5.15. The Morgan fingerprint density at radius 2 is 1.83 bits per heavy atom. The van der Waals surface area contributed by atoms with Crippen molar-refractivity contribution in [2.75, 3.05) is 0 Å². The molecule has 4 aromatic rings. The van der Waals surface area contributed by atoms with Crippen LogP contribution in [0.2, 0.25) is 5.15 Å². The molecule has 0 amide bonds. The Morgan fingerprint density at radius 1 is 0.913 bits per heavy atom. The first-order valence-corrected chi connectivity index (χ1v) is 8.28. The lowest BCUT2D eigenvalue weighted by molar-refractivity contribution is 1.04. The molecule has 0 bridgehead atoms. The van der Waals surface area contributed by atoms with Gasteiger partial charge in [0.25, 0.3) is 0 Å². The molecule has 0 fully saturated rings. The van der Waals surface area contributed by atoms with E-state index < -0.39 is 0 Å². The third-order valence-electron chi connectivity index (χ3n) is 4.85. The predicted molar refractivity (Wildman–Crippen MR) is 97.7 cm³/mol. The van der Waals surface area contributed by atoms with Crippen LogP contribution in [0.15, 0.2) is 54.7 Å². The Balaban J connectivity index is 1.97. The van der Waals surface area contributed by atoms with Crippen LogP contribution >= 0.6 is 11.6 Å². The van der Waals surface area contributed by atoms with Crippen molar-refractivity contribution in [1.82, 2.24) is 4.98 Å². The highest BCUT2D eigenvalue weighted by atomic mass is 35.5. The molecule has 110 valence electrons. The van der Waals surface area contributed by atoms with E-state index in [9.17, 15) is 0 Å². The average molecular weight is 316 g/mol. The monoisotopic (exact) mass is 315 g/mol. The number of hydrogen-bond acceptors (Lipinski definition) is 1. The normalized spacial score (nSPS) is 13.4. The highest BCUT2D eigenvalue weighted by Crippen LogP contribution is 2.36. The van der Waals surface area contributed by atoms with E-state index in [0.29, 0.717) is 5.15 Å². The largest absolute Gasteiger partial charge is 0.245 e. The number of pyridine rings is 1. The molecule has 1 aliphatic carbocycles. The van der Waals surface area contributed by atoms with Gasteiger partial charge in [-0.2, -0.15) is 0 Å². The van der Waals surface area contributed by atoms with E-state index in [0.717, 1.165) is 18.4 Å². The topological polar surface area (TPSA) is 12.9 Å². The maximum atomic E-state index is 6.10. The van der Waals surface area contributed by atoms with Crippen LogP contribution in [0.25, 0.3) is 38.7 Å². The Kier molecular flexibility index (Phi) is 2.74. The van der Waals surface area contributed by atoms with Gasteiger partial charge in [-0.25, -0.2) is 4.98 Å². The van der Waals surface area contributed by atoms with Gasteiger partial charge < -0.3 is 0 Å². The zero-order chi connectivity index (χ0) is 15.4. The van der Waals surface area contributed by atoms with Crippen molar-refractivity contribution in [1.29, 1.82) is 0 Å². The molecule has 0 saturated heterocycles. The Bertz CT molecular complexity index is 1130. The third kappa shape index (κ3) is 1.90.